The molecule has 0 aliphatic rings. The first-order chi connectivity index (χ1) is 7.79. The van der Waals surface area contributed by atoms with Gasteiger partial charge in [0, 0.05) is 0 Å². The van der Waals surface area contributed by atoms with E-state index in [1.165, 1.54) is 0 Å². The van der Waals surface area contributed by atoms with Crippen molar-refractivity contribution in [1.82, 2.24) is 20.2 Å². The van der Waals surface area contributed by atoms with Crippen molar-refractivity contribution in [3.05, 3.63) is 36.3 Å². The Hall–Kier alpha value is -2.11. The molecule has 0 spiro atoms. The van der Waals surface area contributed by atoms with E-state index in [1.54, 1.807) is 10.8 Å². The summed E-state index contributed by atoms with van der Waals surface area (Å²) in [5.74, 6) is 2.35. The highest BCUT2D eigenvalue weighted by molar-refractivity contribution is 5.23. The lowest BCUT2D eigenvalue weighted by Gasteiger charge is -2.02. The van der Waals surface area contributed by atoms with Gasteiger partial charge in [-0.1, -0.05) is 11.2 Å². The molecule has 84 valence electrons. The maximum absolute atomic E-state index is 5.42. The van der Waals surface area contributed by atoms with Gasteiger partial charge in [-0.25, -0.2) is 4.68 Å². The third-order valence-electron chi connectivity index (χ3n) is 2.05. The van der Waals surface area contributed by atoms with Crippen LogP contribution >= 0.6 is 0 Å². The van der Waals surface area contributed by atoms with Crippen LogP contribution in [0.25, 0.3) is 0 Å². The predicted molar refractivity (Wildman–Crippen MR) is 58.8 cm³/mol. The highest BCUT2D eigenvalue weighted by atomic mass is 16.3. The summed E-state index contributed by atoms with van der Waals surface area (Å²) in [7, 11) is 0. The monoisotopic (exact) mass is 219 g/mol. The maximum atomic E-state index is 5.42. The van der Waals surface area contributed by atoms with Gasteiger partial charge in [0.1, 0.15) is 11.5 Å². The zero-order chi connectivity index (χ0) is 11.4. The molecule has 0 saturated carbocycles. The van der Waals surface area contributed by atoms with Crippen LogP contribution in [0.1, 0.15) is 11.5 Å². The Morgan fingerprint density at radius 2 is 2.44 bits per heavy atom. The number of nitrogens with zero attached hydrogens (tertiary/aromatic N) is 4. The van der Waals surface area contributed by atoms with Crippen molar-refractivity contribution in [3.8, 4) is 0 Å². The second kappa shape index (κ2) is 4.61. The van der Waals surface area contributed by atoms with E-state index < -0.39 is 0 Å². The molecule has 2 rings (SSSR count). The van der Waals surface area contributed by atoms with E-state index in [4.69, 9.17) is 4.42 Å². The van der Waals surface area contributed by atoms with Crippen LogP contribution in [0.2, 0.25) is 0 Å². The summed E-state index contributed by atoms with van der Waals surface area (Å²) in [5.41, 5.74) is 0. The average Bonchev–Trinajstić information content (AvgIpc) is 2.85. The van der Waals surface area contributed by atoms with Gasteiger partial charge < -0.3 is 9.73 Å². The largest absolute Gasteiger partial charge is 0.465 e. The first-order valence-corrected chi connectivity index (χ1v) is 4.96. The molecular formula is C10H13N5O. The molecule has 2 aromatic heterocycles. The molecule has 0 atom stereocenters. The number of furan rings is 1. The minimum atomic E-state index is 0.561. The molecule has 0 aliphatic heterocycles. The minimum absolute atomic E-state index is 0.561. The number of nitrogens with one attached hydrogen (secondary N) is 1. The molecule has 6 nitrogen and oxygen atoms in total. The van der Waals surface area contributed by atoms with Crippen molar-refractivity contribution in [2.75, 3.05) is 5.32 Å². The third-order valence-corrected chi connectivity index (χ3v) is 2.05. The van der Waals surface area contributed by atoms with Gasteiger partial charge in [-0.05, 0) is 29.5 Å². The molecule has 0 fully saturated rings. The molecule has 0 amide bonds. The highest BCUT2D eigenvalue weighted by Crippen LogP contribution is 2.08. The van der Waals surface area contributed by atoms with Crippen LogP contribution in [-0.4, -0.2) is 20.2 Å². The van der Waals surface area contributed by atoms with Crippen LogP contribution < -0.4 is 5.32 Å². The molecule has 0 unspecified atom stereocenters. The minimum Gasteiger partial charge on any atom is -0.465 e. The molecule has 2 aromatic rings. The number of rotatable bonds is 5. The second-order valence-corrected chi connectivity index (χ2v) is 3.34. The van der Waals surface area contributed by atoms with Gasteiger partial charge in [-0.3, -0.25) is 0 Å². The van der Waals surface area contributed by atoms with Crippen molar-refractivity contribution in [2.45, 2.75) is 20.0 Å². The Morgan fingerprint density at radius 1 is 1.56 bits per heavy atom. The SMILES string of the molecule is C=CCn1nnnc1NCc1ccc(C)o1. The average molecular weight is 219 g/mol. The fraction of sp³-hybridized carbons (Fsp3) is 0.300. The van der Waals surface area contributed by atoms with Crippen molar-refractivity contribution in [2.24, 2.45) is 0 Å². The first-order valence-electron chi connectivity index (χ1n) is 4.96. The number of aromatic nitrogens is 4. The topological polar surface area (TPSA) is 68.8 Å². The van der Waals surface area contributed by atoms with Crippen LogP contribution in [0.3, 0.4) is 0 Å². The van der Waals surface area contributed by atoms with Crippen LogP contribution in [0.15, 0.2) is 29.2 Å². The lowest BCUT2D eigenvalue weighted by molar-refractivity contribution is 0.489. The molecule has 0 saturated heterocycles. The molecule has 16 heavy (non-hydrogen) atoms. The van der Waals surface area contributed by atoms with E-state index in [0.29, 0.717) is 19.0 Å². The smallest absolute Gasteiger partial charge is 0.243 e. The summed E-state index contributed by atoms with van der Waals surface area (Å²) in [4.78, 5) is 0. The summed E-state index contributed by atoms with van der Waals surface area (Å²) in [6.45, 7) is 6.68. The number of aryl methyl sites for hydroxylation is 1. The normalized spacial score (nSPS) is 10.3. The molecule has 0 bridgehead atoms. The third kappa shape index (κ3) is 2.28. The Morgan fingerprint density at radius 3 is 3.12 bits per heavy atom. The summed E-state index contributed by atoms with van der Waals surface area (Å²) < 4.78 is 7.05. The number of tetrazole rings is 1. The molecular weight excluding hydrogens is 206 g/mol. The Balaban J connectivity index is 1.98. The molecule has 1 N–H and O–H groups in total. The van der Waals surface area contributed by atoms with Crippen molar-refractivity contribution < 1.29 is 4.42 Å². The van der Waals surface area contributed by atoms with Gasteiger partial charge in [0.25, 0.3) is 0 Å². The predicted octanol–water partition coefficient (Wildman–Crippen LogP) is 1.37. The summed E-state index contributed by atoms with van der Waals surface area (Å²) in [6, 6.07) is 3.84. The van der Waals surface area contributed by atoms with Gasteiger partial charge in [-0.2, -0.15) is 0 Å². The number of anilines is 1. The van der Waals surface area contributed by atoms with Crippen molar-refractivity contribution in [3.63, 3.8) is 0 Å². The van der Waals surface area contributed by atoms with Crippen LogP contribution in [0.5, 0.6) is 0 Å². The van der Waals surface area contributed by atoms with Gasteiger partial charge in [-0.15, -0.1) is 6.58 Å². The zero-order valence-electron chi connectivity index (χ0n) is 9.05. The van der Waals surface area contributed by atoms with E-state index in [0.717, 1.165) is 11.5 Å². The fourth-order valence-electron chi connectivity index (χ4n) is 1.32. The Labute approximate surface area is 93.0 Å². The van der Waals surface area contributed by atoms with E-state index in [1.807, 2.05) is 19.1 Å². The summed E-state index contributed by atoms with van der Waals surface area (Å²) in [6.07, 6.45) is 1.73. The first kappa shape index (κ1) is 10.4. The Bertz CT molecular complexity index is 473. The van der Waals surface area contributed by atoms with Crippen molar-refractivity contribution in [1.29, 1.82) is 0 Å². The lowest BCUT2D eigenvalue weighted by atomic mass is 10.4. The van der Waals surface area contributed by atoms with Gasteiger partial charge in [0.05, 0.1) is 13.1 Å². The van der Waals surface area contributed by atoms with Gasteiger partial charge in [0.15, 0.2) is 0 Å². The number of hydrogen-bond acceptors (Lipinski definition) is 5. The van der Waals surface area contributed by atoms with Crippen LogP contribution in [-0.2, 0) is 13.1 Å². The summed E-state index contributed by atoms with van der Waals surface area (Å²) in [5, 5.41) is 14.3. The number of allylic oxidation sites excluding steroid dienone is 1. The fourth-order valence-corrected chi connectivity index (χ4v) is 1.32. The molecule has 0 aliphatic carbocycles. The van der Waals surface area contributed by atoms with Gasteiger partial charge in [0.2, 0.25) is 5.95 Å². The van der Waals surface area contributed by atoms with Crippen LogP contribution in [0.4, 0.5) is 5.95 Å². The maximum Gasteiger partial charge on any atom is 0.243 e. The molecule has 6 heteroatoms. The van der Waals surface area contributed by atoms with Crippen LogP contribution in [0, 0.1) is 6.92 Å². The highest BCUT2D eigenvalue weighted by Gasteiger charge is 2.04. The van der Waals surface area contributed by atoms with E-state index in [-0.39, 0.29) is 0 Å². The standard InChI is InChI=1S/C10H13N5O/c1-3-6-15-10(12-13-14-15)11-7-9-5-4-8(2)16-9/h3-5H,1,6-7H2,2H3,(H,11,12,14). The number of hydrogen-bond donors (Lipinski definition) is 1. The second-order valence-electron chi connectivity index (χ2n) is 3.34. The Kier molecular flexibility index (Phi) is 3.00. The molecule has 0 radical (unpaired) electrons. The van der Waals surface area contributed by atoms with E-state index >= 15 is 0 Å². The zero-order valence-corrected chi connectivity index (χ0v) is 9.05. The quantitative estimate of drug-likeness (QED) is 0.769. The van der Waals surface area contributed by atoms with Crippen molar-refractivity contribution >= 4 is 5.95 Å². The lowest BCUT2D eigenvalue weighted by Crippen LogP contribution is -2.07. The molecule has 0 aromatic carbocycles. The van der Waals surface area contributed by atoms with E-state index in [9.17, 15) is 0 Å². The summed E-state index contributed by atoms with van der Waals surface area (Å²) >= 11 is 0. The van der Waals surface area contributed by atoms with Gasteiger partial charge >= 0.3 is 0 Å². The molecule has 2 heterocycles. The van der Waals surface area contributed by atoms with E-state index in [2.05, 4.69) is 27.4 Å².